The molecule has 0 bridgehead atoms. The van der Waals surface area contributed by atoms with E-state index < -0.39 is 0 Å². The Morgan fingerprint density at radius 2 is 2.19 bits per heavy atom. The van der Waals surface area contributed by atoms with Gasteiger partial charge in [0.25, 0.3) is 5.91 Å². The molecule has 2 aliphatic rings. The molecule has 1 atom stereocenters. The van der Waals surface area contributed by atoms with Crippen LogP contribution in [-0.2, 0) is 13.0 Å². The van der Waals surface area contributed by atoms with Crippen LogP contribution in [-0.4, -0.2) is 47.2 Å². The largest absolute Gasteiger partial charge is 0.468 e. The molecule has 4 heterocycles. The Hall–Kier alpha value is -1.83. The van der Waals surface area contributed by atoms with Gasteiger partial charge in [0.15, 0.2) is 5.69 Å². The summed E-state index contributed by atoms with van der Waals surface area (Å²) in [4.78, 5) is 15.1. The standard InChI is InChI=1S/C18H25N5O2.ClH/c24-18(17-13-11-19-7-6-14(13)21-22-17)20-12-15(16-5-4-10-25-16)23-8-2-1-3-9-23;/h4-5,10,15,19H,1-3,6-9,11-12H2,(H,20,24)(H,21,22);1H. The van der Waals surface area contributed by atoms with Gasteiger partial charge in [-0.25, -0.2) is 0 Å². The number of hydrogen-bond acceptors (Lipinski definition) is 5. The van der Waals surface area contributed by atoms with Crippen molar-refractivity contribution >= 4 is 18.3 Å². The quantitative estimate of drug-likeness (QED) is 0.740. The molecule has 0 aromatic carbocycles. The molecule has 0 saturated carbocycles. The highest BCUT2D eigenvalue weighted by molar-refractivity contribution is 5.94. The van der Waals surface area contributed by atoms with Crippen LogP contribution in [0.4, 0.5) is 0 Å². The van der Waals surface area contributed by atoms with Crippen LogP contribution in [0.3, 0.4) is 0 Å². The van der Waals surface area contributed by atoms with E-state index in [1.165, 1.54) is 19.3 Å². The van der Waals surface area contributed by atoms with Crippen LogP contribution >= 0.6 is 12.4 Å². The van der Waals surface area contributed by atoms with Gasteiger partial charge in [-0.15, -0.1) is 12.4 Å². The number of aromatic amines is 1. The Kier molecular flexibility index (Phi) is 6.34. The lowest BCUT2D eigenvalue weighted by Gasteiger charge is -2.33. The van der Waals surface area contributed by atoms with Crippen molar-refractivity contribution in [3.05, 3.63) is 41.1 Å². The van der Waals surface area contributed by atoms with Crippen molar-refractivity contribution in [3.63, 3.8) is 0 Å². The fraction of sp³-hybridized carbons (Fsp3) is 0.556. The van der Waals surface area contributed by atoms with Crippen molar-refractivity contribution in [1.29, 1.82) is 0 Å². The number of nitrogens with zero attached hydrogens (tertiary/aromatic N) is 2. The topological polar surface area (TPSA) is 86.2 Å². The number of amides is 1. The van der Waals surface area contributed by atoms with E-state index >= 15 is 0 Å². The number of fused-ring (bicyclic) bond motifs is 1. The van der Waals surface area contributed by atoms with E-state index in [-0.39, 0.29) is 24.4 Å². The minimum atomic E-state index is -0.116. The summed E-state index contributed by atoms with van der Waals surface area (Å²) in [5, 5.41) is 13.6. The molecular formula is C18H26ClN5O2. The second-order valence-electron chi connectivity index (χ2n) is 6.79. The van der Waals surface area contributed by atoms with Crippen LogP contribution in [0, 0.1) is 0 Å². The van der Waals surface area contributed by atoms with Crippen molar-refractivity contribution in [2.24, 2.45) is 0 Å². The third-order valence-electron chi connectivity index (χ3n) is 5.18. The Bertz CT molecular complexity index is 709. The van der Waals surface area contributed by atoms with Crippen LogP contribution < -0.4 is 10.6 Å². The molecule has 1 unspecified atom stereocenters. The lowest BCUT2D eigenvalue weighted by Crippen LogP contribution is -2.40. The number of carbonyl (C=O) groups excluding carboxylic acids is 1. The van der Waals surface area contributed by atoms with E-state index in [2.05, 4.69) is 25.7 Å². The van der Waals surface area contributed by atoms with Gasteiger partial charge in [0.2, 0.25) is 0 Å². The number of likely N-dealkylation sites (tertiary alicyclic amines) is 1. The van der Waals surface area contributed by atoms with Crippen molar-refractivity contribution < 1.29 is 9.21 Å². The molecule has 2 aromatic heterocycles. The molecule has 1 fully saturated rings. The molecular weight excluding hydrogens is 354 g/mol. The number of hydrogen-bond donors (Lipinski definition) is 3. The van der Waals surface area contributed by atoms with Crippen molar-refractivity contribution in [2.75, 3.05) is 26.2 Å². The van der Waals surface area contributed by atoms with E-state index in [4.69, 9.17) is 4.42 Å². The van der Waals surface area contributed by atoms with E-state index in [1.807, 2.05) is 12.1 Å². The smallest absolute Gasteiger partial charge is 0.272 e. The highest BCUT2D eigenvalue weighted by Crippen LogP contribution is 2.24. The van der Waals surface area contributed by atoms with Gasteiger partial charge in [-0.3, -0.25) is 14.8 Å². The molecule has 26 heavy (non-hydrogen) atoms. The fourth-order valence-electron chi connectivity index (χ4n) is 3.81. The number of aromatic nitrogens is 2. The molecule has 0 aliphatic carbocycles. The maximum absolute atomic E-state index is 12.7. The third-order valence-corrected chi connectivity index (χ3v) is 5.18. The summed E-state index contributed by atoms with van der Waals surface area (Å²) in [6, 6.07) is 3.97. The Labute approximate surface area is 159 Å². The third kappa shape index (κ3) is 3.95. The number of rotatable bonds is 5. The van der Waals surface area contributed by atoms with Gasteiger partial charge in [0.05, 0.1) is 12.3 Å². The average molecular weight is 380 g/mol. The van der Waals surface area contributed by atoms with Gasteiger partial charge in [-0.2, -0.15) is 5.10 Å². The first-order chi connectivity index (χ1) is 12.3. The number of furan rings is 1. The van der Waals surface area contributed by atoms with Gasteiger partial charge < -0.3 is 15.1 Å². The van der Waals surface area contributed by atoms with Gasteiger partial charge >= 0.3 is 0 Å². The van der Waals surface area contributed by atoms with E-state index in [1.54, 1.807) is 6.26 Å². The summed E-state index contributed by atoms with van der Waals surface area (Å²) in [7, 11) is 0. The van der Waals surface area contributed by atoms with Crippen LogP contribution in [0.2, 0.25) is 0 Å². The lowest BCUT2D eigenvalue weighted by molar-refractivity contribution is 0.0908. The molecule has 2 aromatic rings. The minimum absolute atomic E-state index is 0. The molecule has 3 N–H and O–H groups in total. The molecule has 1 saturated heterocycles. The Morgan fingerprint density at radius 3 is 2.96 bits per heavy atom. The average Bonchev–Trinajstić information content (AvgIpc) is 3.32. The van der Waals surface area contributed by atoms with Gasteiger partial charge in [0, 0.05) is 37.3 Å². The second kappa shape index (κ2) is 8.70. The van der Waals surface area contributed by atoms with Crippen LogP contribution in [0.25, 0.3) is 0 Å². The molecule has 7 nitrogen and oxygen atoms in total. The number of piperidine rings is 1. The van der Waals surface area contributed by atoms with Crippen molar-refractivity contribution in [1.82, 2.24) is 25.7 Å². The molecule has 2 aliphatic heterocycles. The zero-order valence-corrected chi connectivity index (χ0v) is 15.6. The predicted octanol–water partition coefficient (Wildman–Crippen LogP) is 2.03. The maximum Gasteiger partial charge on any atom is 0.272 e. The van der Waals surface area contributed by atoms with E-state index in [0.717, 1.165) is 43.1 Å². The Balaban J connectivity index is 0.00000196. The summed E-state index contributed by atoms with van der Waals surface area (Å²) in [6.45, 7) is 4.24. The second-order valence-corrected chi connectivity index (χ2v) is 6.79. The Morgan fingerprint density at radius 1 is 1.35 bits per heavy atom. The zero-order valence-electron chi connectivity index (χ0n) is 14.8. The van der Waals surface area contributed by atoms with Crippen LogP contribution in [0.5, 0.6) is 0 Å². The van der Waals surface area contributed by atoms with Crippen LogP contribution in [0.15, 0.2) is 22.8 Å². The summed E-state index contributed by atoms with van der Waals surface area (Å²) in [5.41, 5.74) is 2.58. The van der Waals surface area contributed by atoms with Crippen molar-refractivity contribution in [3.8, 4) is 0 Å². The summed E-state index contributed by atoms with van der Waals surface area (Å²) in [6.07, 6.45) is 6.26. The molecule has 142 valence electrons. The molecule has 1 amide bonds. The summed E-state index contributed by atoms with van der Waals surface area (Å²) >= 11 is 0. The molecule has 0 spiro atoms. The van der Waals surface area contributed by atoms with E-state index in [0.29, 0.717) is 18.8 Å². The molecule has 4 rings (SSSR count). The first kappa shape index (κ1) is 18.9. The first-order valence-electron chi connectivity index (χ1n) is 9.15. The highest BCUT2D eigenvalue weighted by atomic mass is 35.5. The monoisotopic (exact) mass is 379 g/mol. The molecule has 0 radical (unpaired) electrons. The zero-order chi connectivity index (χ0) is 17.1. The highest BCUT2D eigenvalue weighted by Gasteiger charge is 2.27. The first-order valence-corrected chi connectivity index (χ1v) is 9.15. The minimum Gasteiger partial charge on any atom is -0.468 e. The number of H-pyrrole nitrogens is 1. The van der Waals surface area contributed by atoms with Gasteiger partial charge in [-0.05, 0) is 38.1 Å². The van der Waals surface area contributed by atoms with Gasteiger partial charge in [-0.1, -0.05) is 6.42 Å². The maximum atomic E-state index is 12.7. The number of halogens is 1. The lowest BCUT2D eigenvalue weighted by atomic mass is 10.1. The van der Waals surface area contributed by atoms with Crippen molar-refractivity contribution in [2.45, 2.75) is 38.3 Å². The van der Waals surface area contributed by atoms with E-state index in [9.17, 15) is 4.79 Å². The van der Waals surface area contributed by atoms with Crippen LogP contribution in [0.1, 0.15) is 52.8 Å². The summed E-state index contributed by atoms with van der Waals surface area (Å²) in [5.74, 6) is 0.794. The predicted molar refractivity (Wildman–Crippen MR) is 100 cm³/mol. The normalized spacial score (nSPS) is 18.6. The fourth-order valence-corrected chi connectivity index (χ4v) is 3.81. The molecule has 8 heteroatoms. The SMILES string of the molecule is Cl.O=C(NCC(c1ccco1)N1CCCCC1)c1n[nH]c2c1CNCC2. The number of nitrogens with one attached hydrogen (secondary N) is 3. The number of carbonyl (C=O) groups is 1. The van der Waals surface area contributed by atoms with Gasteiger partial charge in [0.1, 0.15) is 5.76 Å². The summed E-state index contributed by atoms with van der Waals surface area (Å²) < 4.78 is 5.64.